The molecule has 0 amide bonds. The van der Waals surface area contributed by atoms with Gasteiger partial charge in [-0.2, -0.15) is 0 Å². The molecule has 154 valence electrons. The Morgan fingerprint density at radius 1 is 1.24 bits per heavy atom. The van der Waals surface area contributed by atoms with Crippen LogP contribution in [-0.4, -0.2) is 48.6 Å². The number of unbranched alkanes of at least 4 members (excludes halogenated alkanes) is 1. The Morgan fingerprint density at radius 2 is 2.03 bits per heavy atom. The molecule has 2 unspecified atom stereocenters. The molecule has 1 aromatic rings. The lowest BCUT2D eigenvalue weighted by molar-refractivity contribution is -0.134. The number of carbonyl (C=O) groups is 2. The largest absolute Gasteiger partial charge is 0.499 e. The van der Waals surface area contributed by atoms with Gasteiger partial charge in [0.15, 0.2) is 0 Å². The molecule has 3 aliphatic rings. The summed E-state index contributed by atoms with van der Waals surface area (Å²) in [6.07, 6.45) is 8.50. The average Bonchev–Trinajstić information content (AvgIpc) is 3.49. The summed E-state index contributed by atoms with van der Waals surface area (Å²) in [4.78, 5) is 33.6. The Bertz CT molecular complexity index is 894. The maximum absolute atomic E-state index is 12.9. The highest BCUT2D eigenvalue weighted by Gasteiger charge is 2.47. The number of Topliss-reactive ketones (excluding diaryl/α,β-unsaturated/α-hetero) is 2. The third kappa shape index (κ3) is 3.94. The van der Waals surface area contributed by atoms with Crippen molar-refractivity contribution in [1.29, 1.82) is 0 Å². The van der Waals surface area contributed by atoms with E-state index in [9.17, 15) is 9.59 Å². The monoisotopic (exact) mass is 430 g/mol. The Hall–Kier alpha value is -1.86. The molecule has 4 rings (SSSR count). The van der Waals surface area contributed by atoms with E-state index < -0.39 is 11.7 Å². The first-order chi connectivity index (χ1) is 14.1. The molecular weight excluding hydrogens is 404 g/mol. The number of rotatable bonds is 7. The molecule has 0 bridgehead atoms. The smallest absolute Gasteiger partial charge is 0.234 e. The lowest BCUT2D eigenvalue weighted by Gasteiger charge is -2.17. The number of nitrogens with zero attached hydrogens (tertiary/aromatic N) is 2. The molecule has 29 heavy (non-hydrogen) atoms. The number of hydrogen-bond donors (Lipinski definition) is 0. The molecule has 0 N–H and O–H groups in total. The van der Waals surface area contributed by atoms with Gasteiger partial charge in [0.05, 0.1) is 28.6 Å². The molecule has 5 nitrogen and oxygen atoms in total. The Kier molecular flexibility index (Phi) is 6.25. The molecule has 0 aromatic carbocycles. The first-order valence-electron chi connectivity index (χ1n) is 10.2. The number of hydrogen-bond acceptors (Lipinski definition) is 7. The summed E-state index contributed by atoms with van der Waals surface area (Å²) in [5.74, 6) is -0.858. The van der Waals surface area contributed by atoms with Crippen LogP contribution in [0.25, 0.3) is 5.57 Å². The number of ether oxygens (including phenoxy) is 1. The van der Waals surface area contributed by atoms with E-state index in [0.717, 1.165) is 47.4 Å². The number of thioether (sulfide) groups is 1. The zero-order chi connectivity index (χ0) is 20.4. The van der Waals surface area contributed by atoms with Crippen LogP contribution in [0.1, 0.15) is 37.5 Å². The third-order valence-electron chi connectivity index (χ3n) is 5.53. The van der Waals surface area contributed by atoms with Crippen LogP contribution in [0.3, 0.4) is 0 Å². The minimum Gasteiger partial charge on any atom is -0.499 e. The van der Waals surface area contributed by atoms with Crippen molar-refractivity contribution in [2.75, 3.05) is 31.6 Å². The number of ketones is 2. The Balaban J connectivity index is 1.59. The van der Waals surface area contributed by atoms with Crippen LogP contribution in [0, 0.1) is 5.92 Å². The second-order valence-corrected chi connectivity index (χ2v) is 9.72. The van der Waals surface area contributed by atoms with E-state index in [4.69, 9.17) is 4.74 Å². The summed E-state index contributed by atoms with van der Waals surface area (Å²) in [6.45, 7) is 5.03. The number of carbonyl (C=O) groups excluding carboxylic acids is 2. The molecule has 7 heteroatoms. The van der Waals surface area contributed by atoms with Crippen molar-refractivity contribution in [3.8, 4) is 0 Å². The van der Waals surface area contributed by atoms with Crippen LogP contribution in [0.4, 0.5) is 5.00 Å². The van der Waals surface area contributed by atoms with Crippen molar-refractivity contribution < 1.29 is 14.3 Å². The van der Waals surface area contributed by atoms with E-state index in [0.29, 0.717) is 11.3 Å². The second kappa shape index (κ2) is 8.88. The molecule has 2 atom stereocenters. The van der Waals surface area contributed by atoms with Gasteiger partial charge in [-0.05, 0) is 37.5 Å². The molecule has 1 aliphatic carbocycles. The van der Waals surface area contributed by atoms with Gasteiger partial charge in [-0.25, -0.2) is 0 Å². The van der Waals surface area contributed by atoms with Crippen LogP contribution in [-0.2, 0) is 14.3 Å². The molecule has 3 heterocycles. The van der Waals surface area contributed by atoms with Crippen LogP contribution in [0.5, 0.6) is 0 Å². The van der Waals surface area contributed by atoms with Gasteiger partial charge in [0.1, 0.15) is 5.76 Å². The predicted octanol–water partition coefficient (Wildman–Crippen LogP) is 4.34. The zero-order valence-electron chi connectivity index (χ0n) is 16.8. The van der Waals surface area contributed by atoms with Gasteiger partial charge in [-0.3, -0.25) is 14.6 Å². The number of thiophene rings is 1. The topological polar surface area (TPSA) is 59.0 Å². The maximum Gasteiger partial charge on any atom is 0.234 e. The van der Waals surface area contributed by atoms with Crippen LogP contribution in [0.2, 0.25) is 0 Å². The van der Waals surface area contributed by atoms with E-state index in [-0.39, 0.29) is 11.0 Å². The number of anilines is 1. The molecule has 1 fully saturated rings. The molecule has 2 aliphatic heterocycles. The highest BCUT2D eigenvalue weighted by molar-refractivity contribution is 8.15. The number of allylic oxidation sites excluding steroid dienone is 2. The van der Waals surface area contributed by atoms with E-state index >= 15 is 0 Å². The summed E-state index contributed by atoms with van der Waals surface area (Å²) in [5.41, 5.74) is 0.448. The minimum absolute atomic E-state index is 0.141. The summed E-state index contributed by atoms with van der Waals surface area (Å²) in [7, 11) is 1.56. The quantitative estimate of drug-likeness (QED) is 0.476. The molecule has 0 radical (unpaired) electrons. The van der Waals surface area contributed by atoms with E-state index in [1.54, 1.807) is 30.2 Å². The van der Waals surface area contributed by atoms with Gasteiger partial charge >= 0.3 is 0 Å². The van der Waals surface area contributed by atoms with Gasteiger partial charge in [-0.1, -0.05) is 31.2 Å². The van der Waals surface area contributed by atoms with Crippen molar-refractivity contribution in [2.24, 2.45) is 10.9 Å². The zero-order valence-corrected chi connectivity index (χ0v) is 18.5. The van der Waals surface area contributed by atoms with E-state index in [1.807, 2.05) is 18.2 Å². The predicted molar refractivity (Wildman–Crippen MR) is 121 cm³/mol. The Morgan fingerprint density at radius 3 is 2.76 bits per heavy atom. The maximum atomic E-state index is 12.9. The summed E-state index contributed by atoms with van der Waals surface area (Å²) >= 11 is 3.13. The van der Waals surface area contributed by atoms with Crippen molar-refractivity contribution >= 4 is 50.3 Å². The SMILES string of the molecule is CCCCN=C1C=CC(C2C(=O)C(=O)C(c3ccc(N4CCCC4)s3)=C2OC)S1. The normalized spacial score (nSPS) is 25.9. The van der Waals surface area contributed by atoms with Crippen LogP contribution in [0.15, 0.2) is 35.0 Å². The van der Waals surface area contributed by atoms with Crippen molar-refractivity contribution in [1.82, 2.24) is 0 Å². The number of methoxy groups -OCH3 is 1. The summed E-state index contributed by atoms with van der Waals surface area (Å²) < 4.78 is 5.66. The second-order valence-electron chi connectivity index (χ2n) is 7.46. The lowest BCUT2D eigenvalue weighted by Crippen LogP contribution is -2.25. The fourth-order valence-corrected chi connectivity index (χ4v) is 6.24. The third-order valence-corrected chi connectivity index (χ3v) is 7.90. The van der Waals surface area contributed by atoms with E-state index in [1.165, 1.54) is 12.8 Å². The van der Waals surface area contributed by atoms with Crippen molar-refractivity contribution in [2.45, 2.75) is 37.9 Å². The molecule has 1 aromatic heterocycles. The van der Waals surface area contributed by atoms with Gasteiger partial charge in [0, 0.05) is 29.8 Å². The molecular formula is C22H26N2O3S2. The van der Waals surface area contributed by atoms with Crippen LogP contribution >= 0.6 is 23.1 Å². The van der Waals surface area contributed by atoms with Gasteiger partial charge in [0.25, 0.3) is 0 Å². The summed E-state index contributed by atoms with van der Waals surface area (Å²) in [5, 5.41) is 1.95. The fraction of sp³-hybridized carbons (Fsp3) is 0.500. The Labute approximate surface area is 179 Å². The van der Waals surface area contributed by atoms with Gasteiger partial charge in [-0.15, -0.1) is 11.3 Å². The van der Waals surface area contributed by atoms with E-state index in [2.05, 4.69) is 22.9 Å². The highest BCUT2D eigenvalue weighted by atomic mass is 32.2. The van der Waals surface area contributed by atoms with Crippen molar-refractivity contribution in [3.63, 3.8) is 0 Å². The first-order valence-corrected chi connectivity index (χ1v) is 11.9. The van der Waals surface area contributed by atoms with Crippen LogP contribution < -0.4 is 4.90 Å². The summed E-state index contributed by atoms with van der Waals surface area (Å²) in [6, 6.07) is 4.01. The minimum atomic E-state index is -0.569. The highest BCUT2D eigenvalue weighted by Crippen LogP contribution is 2.44. The first kappa shape index (κ1) is 20.4. The van der Waals surface area contributed by atoms with Crippen molar-refractivity contribution in [3.05, 3.63) is 34.9 Å². The molecule has 0 spiro atoms. The fourth-order valence-electron chi connectivity index (χ4n) is 3.99. The van der Waals surface area contributed by atoms with Gasteiger partial charge < -0.3 is 9.64 Å². The lowest BCUT2D eigenvalue weighted by atomic mass is 10.0. The molecule has 0 saturated carbocycles. The van der Waals surface area contributed by atoms with Gasteiger partial charge in [0.2, 0.25) is 11.6 Å². The molecule has 1 saturated heterocycles. The average molecular weight is 431 g/mol. The number of aliphatic imine (C=N–C) groups is 1. The standard InChI is InChI=1S/C22H26N2O3S2/c1-3-4-11-23-16-9-7-14(28-16)18-20(25)21(26)19(22(18)27-2)15-8-10-17(29-15)24-12-5-6-13-24/h7-10,14,18H,3-6,11-13H2,1-2H3.